The molecule has 0 amide bonds. The first-order valence-electron chi connectivity index (χ1n) is 14.4. The Morgan fingerprint density at radius 2 is 1.79 bits per heavy atom. The number of hydrogen-bond donors (Lipinski definition) is 0. The summed E-state index contributed by atoms with van der Waals surface area (Å²) >= 11 is 7.81. The van der Waals surface area contributed by atoms with Crippen molar-refractivity contribution >= 4 is 45.9 Å². The summed E-state index contributed by atoms with van der Waals surface area (Å²) in [7, 11) is 0. The SMILES string of the molecule is CCOC(=O)C1=C(C)N=c2s/c(=C/c3cn(Cc4ccccc4Cl)c4ccccc34)c(=O)n2C1c1ccc(C(C)C)cc1. The van der Waals surface area contributed by atoms with E-state index in [0.29, 0.717) is 38.1 Å². The van der Waals surface area contributed by atoms with Crippen LogP contribution in [0.15, 0.2) is 100 Å². The van der Waals surface area contributed by atoms with Gasteiger partial charge in [-0.1, -0.05) is 97.4 Å². The molecule has 5 aromatic rings. The second-order valence-electron chi connectivity index (χ2n) is 10.9. The highest BCUT2D eigenvalue weighted by Crippen LogP contribution is 2.32. The van der Waals surface area contributed by atoms with Crippen molar-refractivity contribution in [3.63, 3.8) is 0 Å². The molecule has 0 fully saturated rings. The second kappa shape index (κ2) is 11.8. The van der Waals surface area contributed by atoms with E-state index < -0.39 is 12.0 Å². The number of fused-ring (bicyclic) bond motifs is 2. The Kier molecular flexibility index (Phi) is 7.95. The van der Waals surface area contributed by atoms with E-state index in [2.05, 4.69) is 48.9 Å². The Balaban J connectivity index is 1.51. The number of para-hydroxylation sites is 1. The first-order valence-corrected chi connectivity index (χ1v) is 15.6. The molecule has 6 nitrogen and oxygen atoms in total. The predicted molar refractivity (Wildman–Crippen MR) is 173 cm³/mol. The molecule has 0 saturated heterocycles. The highest BCUT2D eigenvalue weighted by atomic mass is 35.5. The van der Waals surface area contributed by atoms with Gasteiger partial charge < -0.3 is 9.30 Å². The molecule has 6 rings (SSSR count). The Hall–Kier alpha value is -4.20. The summed E-state index contributed by atoms with van der Waals surface area (Å²) in [6.07, 6.45) is 3.99. The number of esters is 1. The summed E-state index contributed by atoms with van der Waals surface area (Å²) in [4.78, 5) is 32.7. The highest BCUT2D eigenvalue weighted by molar-refractivity contribution is 7.07. The number of nitrogens with zero attached hydrogens (tertiary/aromatic N) is 3. The van der Waals surface area contributed by atoms with Gasteiger partial charge in [0.25, 0.3) is 5.56 Å². The van der Waals surface area contributed by atoms with Crippen molar-refractivity contribution in [3.8, 4) is 0 Å². The zero-order valence-corrected chi connectivity index (χ0v) is 26.1. The first kappa shape index (κ1) is 28.9. The van der Waals surface area contributed by atoms with E-state index in [0.717, 1.165) is 27.6 Å². The Morgan fingerprint density at radius 1 is 1.07 bits per heavy atom. The lowest BCUT2D eigenvalue weighted by molar-refractivity contribution is -0.139. The van der Waals surface area contributed by atoms with Crippen LogP contribution >= 0.6 is 22.9 Å². The monoisotopic (exact) mass is 609 g/mol. The zero-order chi connectivity index (χ0) is 30.2. The summed E-state index contributed by atoms with van der Waals surface area (Å²) in [5.74, 6) is -0.100. The summed E-state index contributed by atoms with van der Waals surface area (Å²) < 4.78 is 9.78. The smallest absolute Gasteiger partial charge is 0.338 e. The minimum atomic E-state index is -0.639. The van der Waals surface area contributed by atoms with Crippen molar-refractivity contribution in [2.75, 3.05) is 6.61 Å². The van der Waals surface area contributed by atoms with Crippen LogP contribution in [0.4, 0.5) is 0 Å². The third-order valence-corrected chi connectivity index (χ3v) is 9.19. The van der Waals surface area contributed by atoms with Gasteiger partial charge in [-0.2, -0.15) is 0 Å². The molecule has 8 heteroatoms. The lowest BCUT2D eigenvalue weighted by Crippen LogP contribution is -2.39. The van der Waals surface area contributed by atoms with Gasteiger partial charge in [-0.05, 0) is 54.7 Å². The lowest BCUT2D eigenvalue weighted by Gasteiger charge is -2.25. The lowest BCUT2D eigenvalue weighted by atomic mass is 9.93. The van der Waals surface area contributed by atoms with E-state index in [-0.39, 0.29) is 12.2 Å². The fourth-order valence-electron chi connectivity index (χ4n) is 5.64. The van der Waals surface area contributed by atoms with Gasteiger partial charge in [0.1, 0.15) is 0 Å². The first-order chi connectivity index (χ1) is 20.8. The molecule has 2 aromatic heterocycles. The number of allylic oxidation sites excluding steroid dienone is 1. The van der Waals surface area contributed by atoms with Gasteiger partial charge in [-0.25, -0.2) is 9.79 Å². The number of carbonyl (C=O) groups is 1. The topological polar surface area (TPSA) is 65.6 Å². The minimum Gasteiger partial charge on any atom is -0.463 e. The number of aromatic nitrogens is 2. The number of carbonyl (C=O) groups excluding carboxylic acids is 1. The number of ether oxygens (including phenoxy) is 1. The van der Waals surface area contributed by atoms with Crippen LogP contribution in [0.3, 0.4) is 0 Å². The summed E-state index contributed by atoms with van der Waals surface area (Å²) in [6, 6.07) is 23.4. The van der Waals surface area contributed by atoms with E-state index in [1.54, 1.807) is 18.4 Å². The van der Waals surface area contributed by atoms with Crippen LogP contribution in [0.25, 0.3) is 17.0 Å². The summed E-state index contributed by atoms with van der Waals surface area (Å²) in [5.41, 5.74) is 5.75. The molecule has 1 unspecified atom stereocenters. The molecule has 0 saturated carbocycles. The fourth-order valence-corrected chi connectivity index (χ4v) is 6.88. The molecule has 1 aliphatic rings. The summed E-state index contributed by atoms with van der Waals surface area (Å²) in [5, 5.41) is 1.74. The van der Waals surface area contributed by atoms with E-state index in [9.17, 15) is 9.59 Å². The average Bonchev–Trinajstić information content (AvgIpc) is 3.50. The Bertz CT molecular complexity index is 2070. The average molecular weight is 610 g/mol. The van der Waals surface area contributed by atoms with E-state index in [4.69, 9.17) is 21.3 Å². The number of rotatable bonds is 7. The molecule has 1 aliphatic heterocycles. The van der Waals surface area contributed by atoms with Gasteiger partial charge in [0.2, 0.25) is 0 Å². The number of benzene rings is 3. The molecule has 0 radical (unpaired) electrons. The molecular weight excluding hydrogens is 578 g/mol. The number of thiazole rings is 1. The van der Waals surface area contributed by atoms with Crippen LogP contribution in [0.2, 0.25) is 5.02 Å². The second-order valence-corrected chi connectivity index (χ2v) is 12.4. The molecule has 0 aliphatic carbocycles. The third kappa shape index (κ3) is 5.39. The van der Waals surface area contributed by atoms with Gasteiger partial charge in [0.15, 0.2) is 4.80 Å². The Morgan fingerprint density at radius 3 is 2.51 bits per heavy atom. The van der Waals surface area contributed by atoms with Gasteiger partial charge in [0.05, 0.1) is 28.5 Å². The molecule has 1 atom stereocenters. The minimum absolute atomic E-state index is 0.195. The van der Waals surface area contributed by atoms with E-state index in [1.807, 2.05) is 54.6 Å². The normalized spacial score (nSPS) is 15.2. The maximum absolute atomic E-state index is 14.2. The van der Waals surface area contributed by atoms with Crippen molar-refractivity contribution in [3.05, 3.63) is 137 Å². The molecule has 218 valence electrons. The van der Waals surface area contributed by atoms with Gasteiger partial charge in [0, 0.05) is 34.2 Å². The number of halogens is 1. The molecule has 0 spiro atoms. The zero-order valence-electron chi connectivity index (χ0n) is 24.5. The van der Waals surface area contributed by atoms with Crippen molar-refractivity contribution in [1.82, 2.24) is 9.13 Å². The third-order valence-electron chi connectivity index (χ3n) is 7.84. The molecule has 0 bridgehead atoms. The van der Waals surface area contributed by atoms with Gasteiger partial charge in [-0.3, -0.25) is 9.36 Å². The Labute approximate surface area is 258 Å². The van der Waals surface area contributed by atoms with Crippen LogP contribution in [0, 0.1) is 0 Å². The van der Waals surface area contributed by atoms with Crippen LogP contribution in [0.5, 0.6) is 0 Å². The predicted octanol–water partition coefficient (Wildman–Crippen LogP) is 6.58. The maximum Gasteiger partial charge on any atom is 0.338 e. The molecule has 3 heterocycles. The molecule has 3 aromatic carbocycles. The van der Waals surface area contributed by atoms with Crippen molar-refractivity contribution in [1.29, 1.82) is 0 Å². The van der Waals surface area contributed by atoms with Crippen molar-refractivity contribution in [2.45, 2.75) is 46.2 Å². The quantitative estimate of drug-likeness (QED) is 0.196. The largest absolute Gasteiger partial charge is 0.463 e. The van der Waals surface area contributed by atoms with E-state index >= 15 is 0 Å². The van der Waals surface area contributed by atoms with Crippen molar-refractivity contribution < 1.29 is 9.53 Å². The standard InChI is InChI=1S/C35H32ClN3O3S/c1-5-42-34(41)31-22(4)37-35-39(32(31)24-16-14-23(15-17-24)21(2)3)33(40)30(43-35)18-26-20-38(29-13-9-7-11-27(26)29)19-25-10-6-8-12-28(25)36/h6-18,20-21,32H,5,19H2,1-4H3/b30-18+. The van der Waals surface area contributed by atoms with Gasteiger partial charge in [-0.15, -0.1) is 0 Å². The van der Waals surface area contributed by atoms with Crippen LogP contribution in [-0.2, 0) is 16.1 Å². The van der Waals surface area contributed by atoms with Crippen LogP contribution in [-0.4, -0.2) is 21.7 Å². The summed E-state index contributed by atoms with van der Waals surface area (Å²) in [6.45, 7) is 8.69. The number of hydrogen-bond acceptors (Lipinski definition) is 5. The fraction of sp³-hybridized carbons (Fsp3) is 0.229. The van der Waals surface area contributed by atoms with Gasteiger partial charge >= 0.3 is 5.97 Å². The maximum atomic E-state index is 14.2. The molecule has 0 N–H and O–H groups in total. The van der Waals surface area contributed by atoms with Crippen molar-refractivity contribution in [2.24, 2.45) is 4.99 Å². The molecule has 43 heavy (non-hydrogen) atoms. The van der Waals surface area contributed by atoms with Crippen LogP contribution < -0.4 is 14.9 Å². The van der Waals surface area contributed by atoms with Crippen LogP contribution in [0.1, 0.15) is 61.9 Å². The van der Waals surface area contributed by atoms with E-state index in [1.165, 1.54) is 16.9 Å². The highest BCUT2D eigenvalue weighted by Gasteiger charge is 2.33. The molecular formula is C35H32ClN3O3S.